The molecular formula is C14H17NO2S. The maximum absolute atomic E-state index is 9.71. The van der Waals surface area contributed by atoms with E-state index in [-0.39, 0.29) is 6.10 Å². The Morgan fingerprint density at radius 1 is 1.39 bits per heavy atom. The van der Waals surface area contributed by atoms with Gasteiger partial charge in [0, 0.05) is 10.8 Å². The number of ether oxygens (including phenoxy) is 1. The minimum atomic E-state index is -0.140. The van der Waals surface area contributed by atoms with Crippen molar-refractivity contribution in [2.24, 2.45) is 4.99 Å². The highest BCUT2D eigenvalue weighted by Crippen LogP contribution is 2.39. The molecule has 3 atom stereocenters. The van der Waals surface area contributed by atoms with Gasteiger partial charge < -0.3 is 9.84 Å². The second-order valence-corrected chi connectivity index (χ2v) is 6.08. The van der Waals surface area contributed by atoms with E-state index in [9.17, 15) is 5.11 Å². The number of aliphatic hydroxyl groups excluding tert-OH is 1. The topological polar surface area (TPSA) is 41.8 Å². The molecule has 0 bridgehead atoms. The summed E-state index contributed by atoms with van der Waals surface area (Å²) in [6.45, 7) is 0. The highest BCUT2D eigenvalue weighted by molar-refractivity contribution is 8.15. The van der Waals surface area contributed by atoms with Gasteiger partial charge in [0.05, 0.1) is 24.3 Å². The fraction of sp³-hybridized carbons (Fsp3) is 0.500. The van der Waals surface area contributed by atoms with Crippen molar-refractivity contribution in [3.05, 3.63) is 29.8 Å². The van der Waals surface area contributed by atoms with Gasteiger partial charge in [-0.1, -0.05) is 12.1 Å². The number of aliphatic hydroxyl groups is 1. The largest absolute Gasteiger partial charge is 0.497 e. The van der Waals surface area contributed by atoms with Crippen LogP contribution in [-0.2, 0) is 0 Å². The van der Waals surface area contributed by atoms with Gasteiger partial charge in [0.1, 0.15) is 5.75 Å². The molecule has 1 fully saturated rings. The summed E-state index contributed by atoms with van der Waals surface area (Å²) < 4.78 is 5.25. The maximum Gasteiger partial charge on any atom is 0.119 e. The van der Waals surface area contributed by atoms with E-state index in [4.69, 9.17) is 9.73 Å². The van der Waals surface area contributed by atoms with Gasteiger partial charge in [0.25, 0.3) is 0 Å². The number of benzene rings is 1. The van der Waals surface area contributed by atoms with Gasteiger partial charge in [-0.05, 0) is 31.4 Å². The molecule has 0 radical (unpaired) electrons. The van der Waals surface area contributed by atoms with Crippen LogP contribution in [0.3, 0.4) is 0 Å². The van der Waals surface area contributed by atoms with Crippen LogP contribution in [0.25, 0.3) is 0 Å². The van der Waals surface area contributed by atoms with E-state index >= 15 is 0 Å². The Bertz CT molecular complexity index is 475. The molecule has 1 heterocycles. The number of rotatable bonds is 2. The number of fused-ring (bicyclic) bond motifs is 1. The molecule has 3 unspecified atom stereocenters. The summed E-state index contributed by atoms with van der Waals surface area (Å²) >= 11 is 1.81. The van der Waals surface area contributed by atoms with Crippen LogP contribution in [0.2, 0.25) is 0 Å². The average molecular weight is 263 g/mol. The fourth-order valence-electron chi connectivity index (χ4n) is 2.59. The Morgan fingerprint density at radius 2 is 2.28 bits per heavy atom. The van der Waals surface area contributed by atoms with Crippen LogP contribution >= 0.6 is 11.8 Å². The Kier molecular flexibility index (Phi) is 3.31. The predicted octanol–water partition coefficient (Wildman–Crippen LogP) is 2.47. The molecule has 1 saturated carbocycles. The van der Waals surface area contributed by atoms with Crippen molar-refractivity contribution in [2.45, 2.75) is 36.7 Å². The van der Waals surface area contributed by atoms with Crippen LogP contribution in [0.5, 0.6) is 5.75 Å². The lowest BCUT2D eigenvalue weighted by atomic mass is 9.93. The summed E-state index contributed by atoms with van der Waals surface area (Å²) in [6, 6.07) is 8.43. The molecule has 2 aliphatic rings. The second kappa shape index (κ2) is 4.94. The fourth-order valence-corrected chi connectivity index (χ4v) is 4.01. The Hall–Kier alpha value is -1.00. The first-order valence-corrected chi connectivity index (χ1v) is 7.21. The van der Waals surface area contributed by atoms with E-state index < -0.39 is 0 Å². The molecule has 4 heteroatoms. The molecule has 3 rings (SSSR count). The summed E-state index contributed by atoms with van der Waals surface area (Å²) in [5.41, 5.74) is 1.13. The number of hydrogen-bond donors (Lipinski definition) is 1. The zero-order valence-electron chi connectivity index (χ0n) is 10.4. The molecule has 0 saturated heterocycles. The van der Waals surface area contributed by atoms with Crippen molar-refractivity contribution in [3.63, 3.8) is 0 Å². The van der Waals surface area contributed by atoms with E-state index in [1.165, 1.54) is 0 Å². The minimum Gasteiger partial charge on any atom is -0.497 e. The van der Waals surface area contributed by atoms with Crippen molar-refractivity contribution in [2.75, 3.05) is 7.11 Å². The minimum absolute atomic E-state index is 0.140. The summed E-state index contributed by atoms with van der Waals surface area (Å²) in [7, 11) is 1.68. The molecule has 1 aliphatic carbocycles. The molecule has 3 nitrogen and oxygen atoms in total. The van der Waals surface area contributed by atoms with Gasteiger partial charge in [-0.3, -0.25) is 4.99 Å². The number of aliphatic imine (C=N–C) groups is 1. The summed E-state index contributed by atoms with van der Waals surface area (Å²) in [4.78, 5) is 4.80. The first-order valence-electron chi connectivity index (χ1n) is 6.33. The van der Waals surface area contributed by atoms with Gasteiger partial charge in [-0.25, -0.2) is 0 Å². The van der Waals surface area contributed by atoms with Gasteiger partial charge in [-0.15, -0.1) is 11.8 Å². The number of thioether (sulfide) groups is 1. The Labute approximate surface area is 111 Å². The van der Waals surface area contributed by atoms with Crippen LogP contribution in [0.4, 0.5) is 0 Å². The van der Waals surface area contributed by atoms with E-state index in [0.717, 1.165) is 35.6 Å². The van der Waals surface area contributed by atoms with Gasteiger partial charge in [0.15, 0.2) is 0 Å². The van der Waals surface area contributed by atoms with Crippen LogP contribution in [0, 0.1) is 0 Å². The molecule has 1 N–H and O–H groups in total. The molecule has 1 aliphatic heterocycles. The van der Waals surface area contributed by atoms with Crippen molar-refractivity contribution >= 4 is 16.8 Å². The Balaban J connectivity index is 1.81. The normalized spacial score (nSPS) is 30.8. The lowest BCUT2D eigenvalue weighted by molar-refractivity contribution is 0.127. The van der Waals surface area contributed by atoms with Crippen molar-refractivity contribution < 1.29 is 9.84 Å². The van der Waals surface area contributed by atoms with Crippen LogP contribution in [0.15, 0.2) is 29.3 Å². The average Bonchev–Trinajstić information content (AvgIpc) is 2.81. The molecule has 18 heavy (non-hydrogen) atoms. The third kappa shape index (κ3) is 2.27. The van der Waals surface area contributed by atoms with E-state index in [1.807, 2.05) is 18.2 Å². The summed E-state index contributed by atoms with van der Waals surface area (Å²) in [5, 5.41) is 11.3. The summed E-state index contributed by atoms with van der Waals surface area (Å²) in [6.07, 6.45) is 2.62. The first-order chi connectivity index (χ1) is 8.76. The lowest BCUT2D eigenvalue weighted by Crippen LogP contribution is -2.30. The molecule has 0 amide bonds. The smallest absolute Gasteiger partial charge is 0.119 e. The van der Waals surface area contributed by atoms with E-state index in [2.05, 4.69) is 6.07 Å². The SMILES string of the molecule is COc1cccc(C2=NC3CCC(O)CC3S2)c1. The third-order valence-corrected chi connectivity index (χ3v) is 4.97. The highest BCUT2D eigenvalue weighted by atomic mass is 32.2. The van der Waals surface area contributed by atoms with Crippen LogP contribution in [0.1, 0.15) is 24.8 Å². The molecule has 96 valence electrons. The quantitative estimate of drug-likeness (QED) is 0.891. The van der Waals surface area contributed by atoms with Gasteiger partial charge >= 0.3 is 0 Å². The Morgan fingerprint density at radius 3 is 3.11 bits per heavy atom. The van der Waals surface area contributed by atoms with E-state index in [0.29, 0.717) is 11.3 Å². The zero-order chi connectivity index (χ0) is 12.5. The molecule has 0 spiro atoms. The molecule has 1 aromatic carbocycles. The molecular weight excluding hydrogens is 246 g/mol. The van der Waals surface area contributed by atoms with Crippen molar-refractivity contribution in [3.8, 4) is 5.75 Å². The number of methoxy groups -OCH3 is 1. The number of nitrogens with zero attached hydrogens (tertiary/aromatic N) is 1. The van der Waals surface area contributed by atoms with E-state index in [1.54, 1.807) is 18.9 Å². The monoisotopic (exact) mass is 263 g/mol. The maximum atomic E-state index is 9.71. The molecule has 1 aromatic rings. The zero-order valence-corrected chi connectivity index (χ0v) is 11.2. The van der Waals surface area contributed by atoms with Crippen LogP contribution in [-0.4, -0.2) is 34.7 Å². The second-order valence-electron chi connectivity index (χ2n) is 4.86. The van der Waals surface area contributed by atoms with Crippen LogP contribution < -0.4 is 4.74 Å². The summed E-state index contributed by atoms with van der Waals surface area (Å²) in [5.74, 6) is 0.866. The highest BCUT2D eigenvalue weighted by Gasteiger charge is 2.35. The van der Waals surface area contributed by atoms with Gasteiger partial charge in [0.2, 0.25) is 0 Å². The lowest BCUT2D eigenvalue weighted by Gasteiger charge is -2.26. The first kappa shape index (κ1) is 12.1. The van der Waals surface area contributed by atoms with Gasteiger partial charge in [-0.2, -0.15) is 0 Å². The number of hydrogen-bond acceptors (Lipinski definition) is 4. The van der Waals surface area contributed by atoms with Crippen molar-refractivity contribution in [1.29, 1.82) is 0 Å². The third-order valence-electron chi connectivity index (χ3n) is 3.59. The van der Waals surface area contributed by atoms with Crippen molar-refractivity contribution in [1.82, 2.24) is 0 Å². The standard InChI is InChI=1S/C14H17NO2S/c1-17-11-4-2-3-9(7-11)14-15-12-6-5-10(16)8-13(12)18-14/h2-4,7,10,12-13,16H,5-6,8H2,1H3. The molecule has 0 aromatic heterocycles. The predicted molar refractivity (Wildman–Crippen MR) is 74.6 cm³/mol.